The normalized spacial score (nSPS) is 10.3. The van der Waals surface area contributed by atoms with E-state index in [9.17, 15) is 0 Å². The monoisotopic (exact) mass is 218 g/mol. The van der Waals surface area contributed by atoms with Crippen LogP contribution in [0.4, 0.5) is 0 Å². The van der Waals surface area contributed by atoms with Gasteiger partial charge in [-0.2, -0.15) is 0 Å². The third kappa shape index (κ3) is 2.34. The van der Waals surface area contributed by atoms with Gasteiger partial charge in [0.15, 0.2) is 5.82 Å². The summed E-state index contributed by atoms with van der Waals surface area (Å²) in [6.45, 7) is 2.13. The fraction of sp³-hybridized carbons (Fsp3) is 0.167. The van der Waals surface area contributed by atoms with Crippen LogP contribution < -0.4 is 0 Å². The topological polar surface area (TPSA) is 25.8 Å². The van der Waals surface area contributed by atoms with Crippen LogP contribution in [0.3, 0.4) is 0 Å². The van der Waals surface area contributed by atoms with E-state index in [1.807, 2.05) is 12.1 Å². The van der Waals surface area contributed by atoms with Crippen molar-refractivity contribution < 1.29 is 0 Å². The molecule has 0 saturated heterocycles. The van der Waals surface area contributed by atoms with E-state index in [0.29, 0.717) is 11.0 Å². The van der Waals surface area contributed by atoms with E-state index in [1.54, 1.807) is 12.3 Å². The Labute approximate surface area is 94.0 Å². The highest BCUT2D eigenvalue weighted by Crippen LogP contribution is 2.17. The Morgan fingerprint density at radius 3 is 2.47 bits per heavy atom. The molecule has 0 saturated carbocycles. The smallest absolute Gasteiger partial charge is 0.160 e. The summed E-state index contributed by atoms with van der Waals surface area (Å²) in [5.74, 6) is 0.671. The summed E-state index contributed by atoms with van der Waals surface area (Å²) >= 11 is 5.80. The third-order valence-corrected chi connectivity index (χ3v) is 2.45. The summed E-state index contributed by atoms with van der Waals surface area (Å²) in [5, 5.41) is 0.472. The minimum Gasteiger partial charge on any atom is -0.236 e. The first-order valence-electron chi connectivity index (χ1n) is 4.87. The van der Waals surface area contributed by atoms with Crippen molar-refractivity contribution in [3.8, 4) is 11.4 Å². The van der Waals surface area contributed by atoms with Gasteiger partial charge in [0.2, 0.25) is 0 Å². The largest absolute Gasteiger partial charge is 0.236 e. The number of halogens is 1. The molecule has 0 aliphatic heterocycles. The highest BCUT2D eigenvalue weighted by Gasteiger charge is 2.00. The molecule has 0 radical (unpaired) electrons. The number of aryl methyl sites for hydroxylation is 1. The first-order valence-corrected chi connectivity index (χ1v) is 5.25. The van der Waals surface area contributed by atoms with Gasteiger partial charge < -0.3 is 0 Å². The Bertz CT molecular complexity index is 451. The van der Waals surface area contributed by atoms with Crippen LogP contribution >= 0.6 is 11.6 Å². The van der Waals surface area contributed by atoms with Crippen molar-refractivity contribution in [1.82, 2.24) is 9.97 Å². The second kappa shape index (κ2) is 4.41. The van der Waals surface area contributed by atoms with Crippen LogP contribution in [-0.4, -0.2) is 9.97 Å². The van der Waals surface area contributed by atoms with Crippen LogP contribution in [0.1, 0.15) is 12.5 Å². The molecule has 2 rings (SSSR count). The number of aromatic nitrogens is 2. The molecule has 0 bridgehead atoms. The van der Waals surface area contributed by atoms with Gasteiger partial charge in [0.1, 0.15) is 5.15 Å². The summed E-state index contributed by atoms with van der Waals surface area (Å²) in [6.07, 6.45) is 2.70. The maximum absolute atomic E-state index is 5.80. The summed E-state index contributed by atoms with van der Waals surface area (Å²) in [5.41, 5.74) is 2.30. The van der Waals surface area contributed by atoms with Crippen LogP contribution in [0.15, 0.2) is 36.5 Å². The number of nitrogens with zero attached hydrogens (tertiary/aromatic N) is 2. The van der Waals surface area contributed by atoms with Gasteiger partial charge in [-0.3, -0.25) is 0 Å². The molecule has 0 aliphatic rings. The van der Waals surface area contributed by atoms with Gasteiger partial charge in [-0.05, 0) is 18.1 Å². The van der Waals surface area contributed by atoms with Crippen LogP contribution in [0.25, 0.3) is 11.4 Å². The van der Waals surface area contributed by atoms with E-state index >= 15 is 0 Å². The standard InChI is InChI=1S/C12H11ClN2/c1-2-9-3-5-10(6-4-9)12-14-8-7-11(13)15-12/h3-8H,2H2,1H3. The molecular formula is C12H11ClN2. The zero-order valence-corrected chi connectivity index (χ0v) is 9.20. The SMILES string of the molecule is CCc1ccc(-c2nccc(Cl)n2)cc1. The zero-order valence-electron chi connectivity index (χ0n) is 8.44. The second-order valence-electron chi connectivity index (χ2n) is 3.25. The predicted octanol–water partition coefficient (Wildman–Crippen LogP) is 3.36. The molecule has 1 aromatic heterocycles. The highest BCUT2D eigenvalue weighted by atomic mass is 35.5. The first-order chi connectivity index (χ1) is 7.29. The maximum Gasteiger partial charge on any atom is 0.160 e. The fourth-order valence-corrected chi connectivity index (χ4v) is 1.50. The van der Waals surface area contributed by atoms with Gasteiger partial charge in [-0.15, -0.1) is 0 Å². The van der Waals surface area contributed by atoms with E-state index in [-0.39, 0.29) is 0 Å². The number of rotatable bonds is 2. The van der Waals surface area contributed by atoms with Crippen molar-refractivity contribution in [2.45, 2.75) is 13.3 Å². The molecule has 0 N–H and O–H groups in total. The minimum atomic E-state index is 0.472. The Kier molecular flexibility index (Phi) is 2.97. The fourth-order valence-electron chi connectivity index (χ4n) is 1.37. The van der Waals surface area contributed by atoms with Crippen LogP contribution in [-0.2, 0) is 6.42 Å². The summed E-state index contributed by atoms with van der Waals surface area (Å²) in [7, 11) is 0. The minimum absolute atomic E-state index is 0.472. The first kappa shape index (κ1) is 10.1. The Morgan fingerprint density at radius 1 is 1.13 bits per heavy atom. The highest BCUT2D eigenvalue weighted by molar-refractivity contribution is 6.29. The summed E-state index contributed by atoms with van der Waals surface area (Å²) < 4.78 is 0. The van der Waals surface area contributed by atoms with Crippen LogP contribution in [0.2, 0.25) is 5.15 Å². The molecule has 0 aliphatic carbocycles. The van der Waals surface area contributed by atoms with Crippen LogP contribution in [0.5, 0.6) is 0 Å². The molecule has 15 heavy (non-hydrogen) atoms. The van der Waals surface area contributed by atoms with Gasteiger partial charge in [0.25, 0.3) is 0 Å². The summed E-state index contributed by atoms with van der Waals surface area (Å²) in [4.78, 5) is 8.32. The van der Waals surface area contributed by atoms with E-state index in [0.717, 1.165) is 12.0 Å². The quantitative estimate of drug-likeness (QED) is 0.723. The van der Waals surface area contributed by atoms with Crippen molar-refractivity contribution in [3.63, 3.8) is 0 Å². The lowest BCUT2D eigenvalue weighted by Gasteiger charge is -2.01. The molecular weight excluding hydrogens is 208 g/mol. The Morgan fingerprint density at radius 2 is 1.87 bits per heavy atom. The molecule has 1 aromatic carbocycles. The molecule has 76 valence electrons. The van der Waals surface area contributed by atoms with E-state index in [2.05, 4.69) is 29.0 Å². The van der Waals surface area contributed by atoms with Crippen molar-refractivity contribution in [2.24, 2.45) is 0 Å². The van der Waals surface area contributed by atoms with Crippen LogP contribution in [0, 0.1) is 0 Å². The lowest BCUT2D eigenvalue weighted by atomic mass is 10.1. The average Bonchev–Trinajstić information content (AvgIpc) is 2.29. The van der Waals surface area contributed by atoms with Gasteiger partial charge in [0, 0.05) is 11.8 Å². The molecule has 0 unspecified atom stereocenters. The van der Waals surface area contributed by atoms with E-state index in [1.165, 1.54) is 5.56 Å². The van der Waals surface area contributed by atoms with Crippen molar-refractivity contribution >= 4 is 11.6 Å². The van der Waals surface area contributed by atoms with E-state index in [4.69, 9.17) is 11.6 Å². The van der Waals surface area contributed by atoms with Gasteiger partial charge in [-0.25, -0.2) is 9.97 Å². The maximum atomic E-state index is 5.80. The molecule has 0 fully saturated rings. The lowest BCUT2D eigenvalue weighted by Crippen LogP contribution is -1.88. The molecule has 2 nitrogen and oxygen atoms in total. The molecule has 1 heterocycles. The van der Waals surface area contributed by atoms with Crippen molar-refractivity contribution in [2.75, 3.05) is 0 Å². The second-order valence-corrected chi connectivity index (χ2v) is 3.64. The number of benzene rings is 1. The van der Waals surface area contributed by atoms with Gasteiger partial charge >= 0.3 is 0 Å². The Hall–Kier alpha value is -1.41. The zero-order chi connectivity index (χ0) is 10.7. The predicted molar refractivity (Wildman–Crippen MR) is 61.9 cm³/mol. The molecule has 3 heteroatoms. The molecule has 0 amide bonds. The van der Waals surface area contributed by atoms with Gasteiger partial charge in [-0.1, -0.05) is 42.8 Å². The average molecular weight is 219 g/mol. The molecule has 2 aromatic rings. The van der Waals surface area contributed by atoms with Gasteiger partial charge in [0.05, 0.1) is 0 Å². The number of hydrogen-bond donors (Lipinski definition) is 0. The van der Waals surface area contributed by atoms with Crippen molar-refractivity contribution in [1.29, 1.82) is 0 Å². The van der Waals surface area contributed by atoms with Crippen molar-refractivity contribution in [3.05, 3.63) is 47.2 Å². The molecule has 0 spiro atoms. The Balaban J connectivity index is 2.37. The van der Waals surface area contributed by atoms with E-state index < -0.39 is 0 Å². The number of hydrogen-bond acceptors (Lipinski definition) is 2. The summed E-state index contributed by atoms with van der Waals surface area (Å²) in [6, 6.07) is 9.87. The molecule has 0 atom stereocenters. The lowest BCUT2D eigenvalue weighted by molar-refractivity contribution is 1.13. The third-order valence-electron chi connectivity index (χ3n) is 2.24.